The molecule has 0 unspecified atom stereocenters. The first kappa shape index (κ1) is 19.0. The highest BCUT2D eigenvalue weighted by atomic mass is 32.2. The quantitative estimate of drug-likeness (QED) is 0.649. The van der Waals surface area contributed by atoms with Gasteiger partial charge in [0.15, 0.2) is 15.7 Å². The Balaban J connectivity index is 1.90. The highest BCUT2D eigenvalue weighted by Crippen LogP contribution is 2.21. The molecule has 0 aliphatic carbocycles. The highest BCUT2D eigenvalue weighted by Gasteiger charge is 2.15. The first-order valence-electron chi connectivity index (χ1n) is 8.69. The molecule has 0 amide bonds. The molecule has 0 bridgehead atoms. The number of benzene rings is 2. The zero-order chi connectivity index (χ0) is 19.6. The Morgan fingerprint density at radius 3 is 2.22 bits per heavy atom. The van der Waals surface area contributed by atoms with Crippen molar-refractivity contribution in [3.05, 3.63) is 59.4 Å². The molecule has 142 valence electrons. The predicted molar refractivity (Wildman–Crippen MR) is 105 cm³/mol. The number of aryl methyl sites for hydroxylation is 2. The summed E-state index contributed by atoms with van der Waals surface area (Å²) < 4.78 is 24.9. The molecule has 0 saturated carbocycles. The number of tetrazole rings is 1. The van der Waals surface area contributed by atoms with Crippen LogP contribution in [-0.2, 0) is 16.4 Å². The third-order valence-electron chi connectivity index (χ3n) is 4.33. The van der Waals surface area contributed by atoms with Gasteiger partial charge < -0.3 is 4.90 Å². The topological polar surface area (TPSA) is 81.0 Å². The Morgan fingerprint density at radius 1 is 1.04 bits per heavy atom. The summed E-state index contributed by atoms with van der Waals surface area (Å²) >= 11 is 0. The Morgan fingerprint density at radius 2 is 1.67 bits per heavy atom. The molecule has 2 aromatic carbocycles. The number of hydrogen-bond donors (Lipinski definition) is 0. The van der Waals surface area contributed by atoms with Crippen molar-refractivity contribution in [1.29, 1.82) is 0 Å². The molecule has 7 nitrogen and oxygen atoms in total. The first-order chi connectivity index (χ1) is 12.8. The van der Waals surface area contributed by atoms with Gasteiger partial charge >= 0.3 is 0 Å². The lowest BCUT2D eigenvalue weighted by atomic mass is 10.1. The second kappa shape index (κ2) is 7.48. The van der Waals surface area contributed by atoms with Crippen molar-refractivity contribution in [3.8, 4) is 5.69 Å². The minimum absolute atomic E-state index is 0.270. The minimum atomic E-state index is -3.23. The average Bonchev–Trinajstić information content (AvgIpc) is 3.06. The molecular weight excluding hydrogens is 362 g/mol. The third-order valence-corrected chi connectivity index (χ3v) is 5.46. The second-order valence-corrected chi connectivity index (χ2v) is 8.65. The summed E-state index contributed by atoms with van der Waals surface area (Å²) in [4.78, 5) is 2.47. The van der Waals surface area contributed by atoms with Gasteiger partial charge in [0, 0.05) is 18.5 Å². The van der Waals surface area contributed by atoms with Crippen LogP contribution < -0.4 is 4.90 Å². The second-order valence-electron chi connectivity index (χ2n) is 6.63. The van der Waals surface area contributed by atoms with Crippen LogP contribution in [-0.4, -0.2) is 41.4 Å². The fourth-order valence-corrected chi connectivity index (χ4v) is 3.66. The fraction of sp³-hybridized carbons (Fsp3) is 0.316. The molecular formula is C19H23N5O2S. The van der Waals surface area contributed by atoms with Gasteiger partial charge in [-0.05, 0) is 78.7 Å². The smallest absolute Gasteiger partial charge is 0.175 e. The molecule has 3 rings (SSSR count). The van der Waals surface area contributed by atoms with Gasteiger partial charge in [0.25, 0.3) is 0 Å². The Labute approximate surface area is 159 Å². The van der Waals surface area contributed by atoms with Gasteiger partial charge in [-0.2, -0.15) is 4.68 Å². The summed E-state index contributed by atoms with van der Waals surface area (Å²) in [5.41, 5.74) is 4.26. The molecule has 27 heavy (non-hydrogen) atoms. The largest absolute Gasteiger partial charge is 0.364 e. The molecule has 0 fully saturated rings. The van der Waals surface area contributed by atoms with Crippen LogP contribution in [0.5, 0.6) is 0 Å². The molecule has 1 aromatic heterocycles. The van der Waals surface area contributed by atoms with E-state index in [0.717, 1.165) is 17.9 Å². The Bertz CT molecular complexity index is 1020. The number of nitrogens with zero attached hydrogens (tertiary/aromatic N) is 5. The molecule has 0 spiro atoms. The van der Waals surface area contributed by atoms with Crippen molar-refractivity contribution in [3.63, 3.8) is 0 Å². The zero-order valence-corrected chi connectivity index (χ0v) is 16.7. The van der Waals surface area contributed by atoms with Crippen molar-refractivity contribution >= 4 is 15.5 Å². The number of rotatable bonds is 6. The standard InChI is InChI=1S/C19H23N5O2S/c1-5-23(17-11-14(2)10-15(3)12-17)13-19-20-21-22-24(19)16-6-8-18(9-7-16)27(4,25)26/h6-12H,5,13H2,1-4H3. The predicted octanol–water partition coefficient (Wildman–Crippen LogP) is 2.71. The van der Waals surface area contributed by atoms with E-state index in [1.807, 2.05) is 0 Å². The molecule has 1 heterocycles. The lowest BCUT2D eigenvalue weighted by Crippen LogP contribution is -2.24. The Hall–Kier alpha value is -2.74. The summed E-state index contributed by atoms with van der Waals surface area (Å²) in [6, 6.07) is 13.0. The summed E-state index contributed by atoms with van der Waals surface area (Å²) in [7, 11) is -3.23. The molecule has 0 aliphatic rings. The monoisotopic (exact) mass is 385 g/mol. The van der Waals surface area contributed by atoms with E-state index in [9.17, 15) is 8.42 Å². The van der Waals surface area contributed by atoms with Gasteiger partial charge in [-0.25, -0.2) is 8.42 Å². The van der Waals surface area contributed by atoms with Crippen molar-refractivity contribution in [2.24, 2.45) is 0 Å². The van der Waals surface area contributed by atoms with Crippen molar-refractivity contribution in [2.75, 3.05) is 17.7 Å². The number of sulfone groups is 1. The van der Waals surface area contributed by atoms with E-state index >= 15 is 0 Å². The summed E-state index contributed by atoms with van der Waals surface area (Å²) in [5.74, 6) is 0.683. The van der Waals surface area contributed by atoms with E-state index in [-0.39, 0.29) is 4.90 Å². The van der Waals surface area contributed by atoms with Crippen LogP contribution in [0.3, 0.4) is 0 Å². The molecule has 0 atom stereocenters. The van der Waals surface area contributed by atoms with E-state index in [0.29, 0.717) is 12.4 Å². The lowest BCUT2D eigenvalue weighted by molar-refractivity contribution is 0.602. The van der Waals surface area contributed by atoms with E-state index < -0.39 is 9.84 Å². The van der Waals surface area contributed by atoms with Gasteiger partial charge in [-0.15, -0.1) is 5.10 Å². The van der Waals surface area contributed by atoms with Crippen LogP contribution in [0, 0.1) is 13.8 Å². The maximum absolute atomic E-state index is 11.6. The van der Waals surface area contributed by atoms with Crippen LogP contribution in [0.1, 0.15) is 23.9 Å². The molecule has 0 radical (unpaired) electrons. The molecule has 0 aliphatic heterocycles. The third kappa shape index (κ3) is 4.33. The fourth-order valence-electron chi connectivity index (χ4n) is 3.03. The van der Waals surface area contributed by atoms with Crippen LogP contribution >= 0.6 is 0 Å². The molecule has 0 N–H and O–H groups in total. The average molecular weight is 385 g/mol. The van der Waals surface area contributed by atoms with E-state index in [1.54, 1.807) is 28.9 Å². The summed E-state index contributed by atoms with van der Waals surface area (Å²) in [6.45, 7) is 7.60. The Kier molecular flexibility index (Phi) is 5.27. The van der Waals surface area contributed by atoms with Crippen LogP contribution in [0.4, 0.5) is 5.69 Å². The van der Waals surface area contributed by atoms with E-state index in [2.05, 4.69) is 59.4 Å². The normalized spacial score (nSPS) is 11.6. The first-order valence-corrected chi connectivity index (χ1v) is 10.6. The maximum atomic E-state index is 11.6. The molecule has 3 aromatic rings. The van der Waals surface area contributed by atoms with Crippen molar-refractivity contribution in [2.45, 2.75) is 32.2 Å². The van der Waals surface area contributed by atoms with Gasteiger partial charge in [-0.3, -0.25) is 0 Å². The van der Waals surface area contributed by atoms with Gasteiger partial charge in [0.2, 0.25) is 0 Å². The zero-order valence-electron chi connectivity index (χ0n) is 15.9. The van der Waals surface area contributed by atoms with Gasteiger partial charge in [0.1, 0.15) is 0 Å². The van der Waals surface area contributed by atoms with Gasteiger partial charge in [-0.1, -0.05) is 6.07 Å². The molecule has 0 saturated heterocycles. The number of hydrogen-bond acceptors (Lipinski definition) is 6. The van der Waals surface area contributed by atoms with E-state index in [4.69, 9.17) is 0 Å². The number of anilines is 1. The minimum Gasteiger partial charge on any atom is -0.364 e. The highest BCUT2D eigenvalue weighted by molar-refractivity contribution is 7.90. The van der Waals surface area contributed by atoms with E-state index in [1.165, 1.54) is 17.4 Å². The van der Waals surface area contributed by atoms with Gasteiger partial charge in [0.05, 0.1) is 17.1 Å². The SMILES string of the molecule is CCN(Cc1nnnn1-c1ccc(S(C)(=O)=O)cc1)c1cc(C)cc(C)c1. The van der Waals surface area contributed by atoms with Crippen LogP contribution in [0.2, 0.25) is 0 Å². The number of aromatic nitrogens is 4. The van der Waals surface area contributed by atoms with Crippen molar-refractivity contribution < 1.29 is 8.42 Å². The summed E-state index contributed by atoms with van der Waals surface area (Å²) in [5, 5.41) is 12.0. The van der Waals surface area contributed by atoms with Crippen LogP contribution in [0.25, 0.3) is 5.69 Å². The lowest BCUT2D eigenvalue weighted by Gasteiger charge is -2.23. The van der Waals surface area contributed by atoms with Crippen LogP contribution in [0.15, 0.2) is 47.4 Å². The summed E-state index contributed by atoms with van der Waals surface area (Å²) in [6.07, 6.45) is 1.19. The maximum Gasteiger partial charge on any atom is 0.175 e. The van der Waals surface area contributed by atoms with Crippen molar-refractivity contribution in [1.82, 2.24) is 20.2 Å². The molecule has 8 heteroatoms.